The van der Waals surface area contributed by atoms with Gasteiger partial charge in [-0.2, -0.15) is 4.98 Å². The van der Waals surface area contributed by atoms with Crippen molar-refractivity contribution in [2.45, 2.75) is 26.0 Å². The number of nitrogens with zero attached hydrogens (tertiary/aromatic N) is 2. The first-order valence-electron chi connectivity index (χ1n) is 8.95. The van der Waals surface area contributed by atoms with E-state index in [4.69, 9.17) is 4.52 Å². The molecule has 3 rings (SSSR count). The van der Waals surface area contributed by atoms with Crippen LogP contribution >= 0.6 is 11.8 Å². The Morgan fingerprint density at radius 3 is 2.64 bits per heavy atom. The number of thioether (sulfide) groups is 1. The molecule has 1 N–H and O–H groups in total. The second-order valence-electron chi connectivity index (χ2n) is 6.24. The Morgan fingerprint density at radius 1 is 1.14 bits per heavy atom. The van der Waals surface area contributed by atoms with Crippen LogP contribution < -0.4 is 5.32 Å². The van der Waals surface area contributed by atoms with Gasteiger partial charge in [0.25, 0.3) is 0 Å². The molecular formula is C21H21N3O3S. The molecule has 28 heavy (non-hydrogen) atoms. The number of hydrogen-bond acceptors (Lipinski definition) is 6. The second-order valence-corrected chi connectivity index (χ2v) is 7.23. The van der Waals surface area contributed by atoms with Crippen LogP contribution in [0.1, 0.15) is 35.7 Å². The molecule has 144 valence electrons. The fourth-order valence-corrected chi connectivity index (χ4v) is 3.22. The van der Waals surface area contributed by atoms with Gasteiger partial charge in [-0.25, -0.2) is 0 Å². The lowest BCUT2D eigenvalue weighted by molar-refractivity contribution is -0.113. The van der Waals surface area contributed by atoms with Crippen molar-refractivity contribution in [3.8, 4) is 11.4 Å². The highest BCUT2D eigenvalue weighted by Crippen LogP contribution is 2.19. The lowest BCUT2D eigenvalue weighted by Crippen LogP contribution is -2.14. The highest BCUT2D eigenvalue weighted by molar-refractivity contribution is 7.99. The van der Waals surface area contributed by atoms with E-state index < -0.39 is 0 Å². The van der Waals surface area contributed by atoms with Gasteiger partial charge in [-0.1, -0.05) is 48.5 Å². The summed E-state index contributed by atoms with van der Waals surface area (Å²) in [4.78, 5) is 27.9. The van der Waals surface area contributed by atoms with E-state index in [1.165, 1.54) is 24.2 Å². The summed E-state index contributed by atoms with van der Waals surface area (Å²) < 4.78 is 5.27. The largest absolute Gasteiger partial charge is 0.338 e. The molecule has 0 atom stereocenters. The molecule has 0 aliphatic carbocycles. The van der Waals surface area contributed by atoms with Crippen molar-refractivity contribution in [1.82, 2.24) is 10.1 Å². The first-order valence-corrected chi connectivity index (χ1v) is 10.1. The quantitative estimate of drug-likeness (QED) is 0.570. The van der Waals surface area contributed by atoms with Gasteiger partial charge >= 0.3 is 0 Å². The van der Waals surface area contributed by atoms with Crippen LogP contribution in [0.25, 0.3) is 11.4 Å². The number of Topliss-reactive ketones (excluding diaryl/α,β-unsaturated/α-hetero) is 1. The topological polar surface area (TPSA) is 85.1 Å². The molecule has 3 aromatic rings. The molecule has 0 aliphatic heterocycles. The summed E-state index contributed by atoms with van der Waals surface area (Å²) in [6, 6.07) is 14.9. The number of aromatic nitrogens is 2. The van der Waals surface area contributed by atoms with Crippen molar-refractivity contribution in [3.05, 3.63) is 65.5 Å². The van der Waals surface area contributed by atoms with Gasteiger partial charge in [0, 0.05) is 16.8 Å². The van der Waals surface area contributed by atoms with Crippen molar-refractivity contribution in [1.29, 1.82) is 0 Å². The fraction of sp³-hybridized carbons (Fsp3) is 0.238. The maximum Gasteiger partial charge on any atom is 0.236 e. The van der Waals surface area contributed by atoms with Gasteiger partial charge in [0.15, 0.2) is 5.78 Å². The number of carbonyl (C=O) groups is 2. The Bertz CT molecular complexity index is 967. The number of aryl methyl sites for hydroxylation is 1. The number of carbonyl (C=O) groups excluding carboxylic acids is 2. The summed E-state index contributed by atoms with van der Waals surface area (Å²) in [6.45, 7) is 3.60. The molecule has 0 radical (unpaired) electrons. The number of rotatable bonds is 8. The summed E-state index contributed by atoms with van der Waals surface area (Å²) in [7, 11) is 0. The number of amides is 1. The number of anilines is 1. The fourth-order valence-electron chi connectivity index (χ4n) is 2.56. The van der Waals surface area contributed by atoms with E-state index in [0.717, 1.165) is 12.0 Å². The SMILES string of the molecule is CCc1ccc(-c2noc(CSCC(=O)Nc3cccc(C(C)=O)c3)n2)cc1. The van der Waals surface area contributed by atoms with Crippen LogP contribution in [0.5, 0.6) is 0 Å². The predicted molar refractivity (Wildman–Crippen MR) is 110 cm³/mol. The smallest absolute Gasteiger partial charge is 0.236 e. The minimum atomic E-state index is -0.152. The lowest BCUT2D eigenvalue weighted by atomic mass is 10.1. The van der Waals surface area contributed by atoms with E-state index in [-0.39, 0.29) is 17.4 Å². The van der Waals surface area contributed by atoms with Crippen LogP contribution in [-0.2, 0) is 17.0 Å². The number of nitrogens with one attached hydrogen (secondary N) is 1. The predicted octanol–water partition coefficient (Wildman–Crippen LogP) is 4.37. The first-order chi connectivity index (χ1) is 13.5. The molecule has 6 nitrogen and oxygen atoms in total. The van der Waals surface area contributed by atoms with E-state index >= 15 is 0 Å². The summed E-state index contributed by atoms with van der Waals surface area (Å²) in [5.74, 6) is 1.52. The zero-order valence-corrected chi connectivity index (χ0v) is 16.6. The molecule has 1 aromatic heterocycles. The van der Waals surface area contributed by atoms with E-state index in [1.807, 2.05) is 24.3 Å². The number of ketones is 1. The van der Waals surface area contributed by atoms with Crippen LogP contribution in [0.15, 0.2) is 53.1 Å². The summed E-state index contributed by atoms with van der Waals surface area (Å²) >= 11 is 1.38. The maximum atomic E-state index is 12.1. The number of benzene rings is 2. The zero-order valence-electron chi connectivity index (χ0n) is 15.8. The van der Waals surface area contributed by atoms with Gasteiger partial charge in [0.05, 0.1) is 11.5 Å². The Balaban J connectivity index is 1.49. The molecule has 0 saturated heterocycles. The summed E-state index contributed by atoms with van der Waals surface area (Å²) in [5, 5.41) is 6.79. The molecule has 0 bridgehead atoms. The van der Waals surface area contributed by atoms with Crippen molar-refractivity contribution >= 4 is 29.1 Å². The molecule has 0 fully saturated rings. The standard InChI is InChI=1S/C21H21N3O3S/c1-3-15-7-9-16(10-8-15)21-23-20(27-24-21)13-28-12-19(26)22-18-6-4-5-17(11-18)14(2)25/h4-11H,3,12-13H2,1-2H3,(H,22,26). The van der Waals surface area contributed by atoms with Crippen molar-refractivity contribution in [2.24, 2.45) is 0 Å². The van der Waals surface area contributed by atoms with Crippen LogP contribution in [-0.4, -0.2) is 27.6 Å². The lowest BCUT2D eigenvalue weighted by Gasteiger charge is -2.05. The van der Waals surface area contributed by atoms with Gasteiger partial charge in [-0.15, -0.1) is 11.8 Å². The molecule has 0 aliphatic rings. The molecule has 7 heteroatoms. The van der Waals surface area contributed by atoms with Gasteiger partial charge in [-0.05, 0) is 31.0 Å². The summed E-state index contributed by atoms with van der Waals surface area (Å²) in [5.41, 5.74) is 3.33. The highest BCUT2D eigenvalue weighted by atomic mass is 32.2. The number of hydrogen-bond donors (Lipinski definition) is 1. The Labute approximate surface area is 167 Å². The molecule has 1 amide bonds. The third-order valence-corrected chi connectivity index (χ3v) is 5.02. The first kappa shape index (κ1) is 19.8. The monoisotopic (exact) mass is 395 g/mol. The van der Waals surface area contributed by atoms with Crippen molar-refractivity contribution in [3.63, 3.8) is 0 Å². The zero-order chi connectivity index (χ0) is 19.9. The third kappa shape index (κ3) is 5.29. The Kier molecular flexibility index (Phi) is 6.60. The molecule has 1 heterocycles. The Hall–Kier alpha value is -2.93. The normalized spacial score (nSPS) is 10.6. The Morgan fingerprint density at radius 2 is 1.93 bits per heavy atom. The van der Waals surface area contributed by atoms with Crippen molar-refractivity contribution < 1.29 is 14.1 Å². The van der Waals surface area contributed by atoms with Gasteiger partial charge in [0.1, 0.15) is 0 Å². The van der Waals surface area contributed by atoms with Crippen LogP contribution in [0.4, 0.5) is 5.69 Å². The average molecular weight is 395 g/mol. The minimum Gasteiger partial charge on any atom is -0.338 e. The molecular weight excluding hydrogens is 374 g/mol. The van der Waals surface area contributed by atoms with Crippen molar-refractivity contribution in [2.75, 3.05) is 11.1 Å². The van der Waals surface area contributed by atoms with E-state index in [0.29, 0.717) is 28.7 Å². The third-order valence-electron chi connectivity index (χ3n) is 4.10. The highest BCUT2D eigenvalue weighted by Gasteiger charge is 2.10. The second kappa shape index (κ2) is 9.32. The van der Waals surface area contributed by atoms with E-state index in [9.17, 15) is 9.59 Å². The summed E-state index contributed by atoms with van der Waals surface area (Å²) in [6.07, 6.45) is 0.982. The molecule has 0 unspecified atom stereocenters. The van der Waals surface area contributed by atoms with E-state index in [2.05, 4.69) is 22.4 Å². The molecule has 0 spiro atoms. The van der Waals surface area contributed by atoms with Gasteiger partial charge in [0.2, 0.25) is 17.6 Å². The van der Waals surface area contributed by atoms with Crippen LogP contribution in [0, 0.1) is 0 Å². The minimum absolute atomic E-state index is 0.0398. The average Bonchev–Trinajstić information content (AvgIpc) is 3.17. The molecule has 0 saturated carbocycles. The molecule has 2 aromatic carbocycles. The van der Waals surface area contributed by atoms with Crippen LogP contribution in [0.3, 0.4) is 0 Å². The van der Waals surface area contributed by atoms with Crippen LogP contribution in [0.2, 0.25) is 0 Å². The van der Waals surface area contributed by atoms with Gasteiger partial charge < -0.3 is 9.84 Å². The van der Waals surface area contributed by atoms with Gasteiger partial charge in [-0.3, -0.25) is 9.59 Å². The maximum absolute atomic E-state index is 12.1. The van der Waals surface area contributed by atoms with E-state index in [1.54, 1.807) is 24.3 Å².